The minimum Gasteiger partial charge on any atom is -0.378 e. The average molecular weight is 436 g/mol. The predicted molar refractivity (Wildman–Crippen MR) is 107 cm³/mol. The number of hydrogen-bond donors (Lipinski definition) is 1. The summed E-state index contributed by atoms with van der Waals surface area (Å²) in [6.07, 6.45) is 0. The Morgan fingerprint density at radius 1 is 0.655 bits per heavy atom. The third-order valence-corrected chi connectivity index (χ3v) is 4.85. The van der Waals surface area contributed by atoms with E-state index in [1.807, 2.05) is 6.92 Å². The van der Waals surface area contributed by atoms with Crippen LogP contribution in [0.5, 0.6) is 0 Å². The number of rotatable bonds is 19. The van der Waals surface area contributed by atoms with Crippen molar-refractivity contribution in [2.24, 2.45) is 5.73 Å². The molecule has 0 bridgehead atoms. The highest BCUT2D eigenvalue weighted by Gasteiger charge is 2.14. The van der Waals surface area contributed by atoms with Gasteiger partial charge in [-0.25, -0.2) is 0 Å². The standard InChI is InChI=1S/C19H33NO8S/c1-18-2-4-19(5-3-18)29(21,22)28-17-16-27-15-14-26-13-12-25-11-10-24-9-8-23-7-6-20/h2-5H,6-17,20H2,1H3. The fourth-order valence-corrected chi connectivity index (χ4v) is 2.93. The smallest absolute Gasteiger partial charge is 0.297 e. The molecule has 9 nitrogen and oxygen atoms in total. The molecule has 2 N–H and O–H groups in total. The summed E-state index contributed by atoms with van der Waals surface area (Å²) in [7, 11) is -3.75. The van der Waals surface area contributed by atoms with E-state index in [1.54, 1.807) is 12.1 Å². The van der Waals surface area contributed by atoms with Crippen molar-refractivity contribution in [2.75, 3.05) is 79.2 Å². The lowest BCUT2D eigenvalue weighted by molar-refractivity contribution is -0.0121. The Bertz CT molecular complexity index is 609. The molecule has 0 atom stereocenters. The zero-order valence-corrected chi connectivity index (χ0v) is 17.9. The molecule has 1 aromatic rings. The van der Waals surface area contributed by atoms with Crippen molar-refractivity contribution in [1.82, 2.24) is 0 Å². The number of ether oxygens (including phenoxy) is 5. The van der Waals surface area contributed by atoms with Crippen LogP contribution in [0.25, 0.3) is 0 Å². The second kappa shape index (κ2) is 16.7. The van der Waals surface area contributed by atoms with Gasteiger partial charge in [0, 0.05) is 6.54 Å². The van der Waals surface area contributed by atoms with E-state index in [0.717, 1.165) is 5.56 Å². The largest absolute Gasteiger partial charge is 0.378 e. The Balaban J connectivity index is 1.86. The maximum atomic E-state index is 12.0. The molecule has 0 aliphatic rings. The first kappa shape index (κ1) is 25.9. The summed E-state index contributed by atoms with van der Waals surface area (Å²) in [6.45, 7) is 6.75. The monoisotopic (exact) mass is 435 g/mol. The van der Waals surface area contributed by atoms with Crippen LogP contribution in [-0.4, -0.2) is 87.6 Å². The number of benzene rings is 1. The van der Waals surface area contributed by atoms with Crippen molar-refractivity contribution in [3.8, 4) is 0 Å². The highest BCUT2D eigenvalue weighted by atomic mass is 32.2. The molecular formula is C19H33NO8S. The Hall–Kier alpha value is -1.11. The molecule has 0 saturated heterocycles. The van der Waals surface area contributed by atoms with Gasteiger partial charge in [-0.05, 0) is 19.1 Å². The lowest BCUT2D eigenvalue weighted by Gasteiger charge is -2.08. The van der Waals surface area contributed by atoms with Crippen LogP contribution in [0.2, 0.25) is 0 Å². The summed E-state index contributed by atoms with van der Waals surface area (Å²) in [6, 6.07) is 6.48. The van der Waals surface area contributed by atoms with Crippen LogP contribution in [0.4, 0.5) is 0 Å². The summed E-state index contributed by atoms with van der Waals surface area (Å²) in [5.74, 6) is 0. The van der Waals surface area contributed by atoms with Gasteiger partial charge in [0.25, 0.3) is 10.1 Å². The predicted octanol–water partition coefficient (Wildman–Crippen LogP) is 0.742. The molecule has 0 heterocycles. The minimum atomic E-state index is -3.75. The average Bonchev–Trinajstić information content (AvgIpc) is 2.70. The third kappa shape index (κ3) is 13.7. The van der Waals surface area contributed by atoms with E-state index in [9.17, 15) is 8.42 Å². The molecule has 10 heteroatoms. The van der Waals surface area contributed by atoms with E-state index in [4.69, 9.17) is 33.6 Å². The third-order valence-electron chi connectivity index (χ3n) is 3.53. The van der Waals surface area contributed by atoms with Gasteiger partial charge in [-0.3, -0.25) is 4.18 Å². The van der Waals surface area contributed by atoms with Gasteiger partial charge in [0.1, 0.15) is 0 Å². The van der Waals surface area contributed by atoms with Gasteiger partial charge < -0.3 is 29.4 Å². The fraction of sp³-hybridized carbons (Fsp3) is 0.684. The molecule has 1 aromatic carbocycles. The molecule has 29 heavy (non-hydrogen) atoms. The minimum absolute atomic E-state index is 0.0451. The maximum Gasteiger partial charge on any atom is 0.297 e. The molecule has 1 rings (SSSR count). The second-order valence-corrected chi connectivity index (χ2v) is 7.56. The van der Waals surface area contributed by atoms with Crippen LogP contribution in [-0.2, 0) is 38.0 Å². The zero-order valence-electron chi connectivity index (χ0n) is 17.0. The van der Waals surface area contributed by atoms with E-state index in [-0.39, 0.29) is 18.1 Å². The van der Waals surface area contributed by atoms with E-state index in [2.05, 4.69) is 0 Å². The Morgan fingerprint density at radius 2 is 1.03 bits per heavy atom. The first-order valence-corrected chi connectivity index (χ1v) is 11.0. The van der Waals surface area contributed by atoms with Gasteiger partial charge in [0.05, 0.1) is 77.6 Å². The molecule has 0 spiro atoms. The molecule has 0 fully saturated rings. The molecule has 0 radical (unpaired) electrons. The second-order valence-electron chi connectivity index (χ2n) is 5.94. The van der Waals surface area contributed by atoms with Gasteiger partial charge >= 0.3 is 0 Å². The van der Waals surface area contributed by atoms with Gasteiger partial charge in [-0.15, -0.1) is 0 Å². The van der Waals surface area contributed by atoms with Crippen LogP contribution in [0.1, 0.15) is 5.56 Å². The van der Waals surface area contributed by atoms with Crippen LogP contribution in [0.15, 0.2) is 29.2 Å². The van der Waals surface area contributed by atoms with Crippen LogP contribution in [0, 0.1) is 6.92 Å². The maximum absolute atomic E-state index is 12.0. The summed E-state index contributed by atoms with van der Waals surface area (Å²) in [5, 5.41) is 0. The van der Waals surface area contributed by atoms with Gasteiger partial charge in [-0.1, -0.05) is 17.7 Å². The molecule has 0 aromatic heterocycles. The number of nitrogens with two attached hydrogens (primary N) is 1. The molecule has 0 aliphatic carbocycles. The van der Waals surface area contributed by atoms with Crippen LogP contribution < -0.4 is 5.73 Å². The van der Waals surface area contributed by atoms with E-state index in [0.29, 0.717) is 66.0 Å². The fourth-order valence-electron chi connectivity index (χ4n) is 2.04. The molecular weight excluding hydrogens is 402 g/mol. The quantitative estimate of drug-likeness (QED) is 0.248. The van der Waals surface area contributed by atoms with Crippen molar-refractivity contribution in [3.05, 3.63) is 29.8 Å². The molecule has 0 saturated carbocycles. The SMILES string of the molecule is Cc1ccc(S(=O)(=O)OCCOCCOCCOCCOCCOCCN)cc1. The molecule has 0 unspecified atom stereocenters. The van der Waals surface area contributed by atoms with Crippen molar-refractivity contribution in [1.29, 1.82) is 0 Å². The summed E-state index contributed by atoms with van der Waals surface area (Å²) in [5.41, 5.74) is 6.28. The number of hydrogen-bond acceptors (Lipinski definition) is 9. The molecule has 0 amide bonds. The van der Waals surface area contributed by atoms with Gasteiger partial charge in [-0.2, -0.15) is 8.42 Å². The summed E-state index contributed by atoms with van der Waals surface area (Å²) in [4.78, 5) is 0.136. The van der Waals surface area contributed by atoms with Gasteiger partial charge in [0.15, 0.2) is 0 Å². The topological polar surface area (TPSA) is 116 Å². The lowest BCUT2D eigenvalue weighted by atomic mass is 10.2. The molecule has 168 valence electrons. The van der Waals surface area contributed by atoms with Crippen molar-refractivity contribution >= 4 is 10.1 Å². The van der Waals surface area contributed by atoms with Crippen molar-refractivity contribution in [2.45, 2.75) is 11.8 Å². The highest BCUT2D eigenvalue weighted by molar-refractivity contribution is 7.86. The Morgan fingerprint density at radius 3 is 1.45 bits per heavy atom. The zero-order chi connectivity index (χ0) is 21.2. The summed E-state index contributed by atoms with van der Waals surface area (Å²) >= 11 is 0. The van der Waals surface area contributed by atoms with Crippen molar-refractivity contribution in [3.63, 3.8) is 0 Å². The van der Waals surface area contributed by atoms with E-state index >= 15 is 0 Å². The first-order chi connectivity index (χ1) is 14.1. The lowest BCUT2D eigenvalue weighted by Crippen LogP contribution is -2.15. The van der Waals surface area contributed by atoms with E-state index in [1.165, 1.54) is 12.1 Å². The number of aryl methyl sites for hydroxylation is 1. The Kier molecular flexibility index (Phi) is 14.9. The van der Waals surface area contributed by atoms with Crippen LogP contribution >= 0.6 is 0 Å². The Labute approximate surface area is 173 Å². The van der Waals surface area contributed by atoms with E-state index < -0.39 is 10.1 Å². The normalized spacial score (nSPS) is 11.8. The van der Waals surface area contributed by atoms with Gasteiger partial charge in [0.2, 0.25) is 0 Å². The first-order valence-electron chi connectivity index (χ1n) is 9.61. The van der Waals surface area contributed by atoms with Crippen LogP contribution in [0.3, 0.4) is 0 Å². The summed E-state index contributed by atoms with van der Waals surface area (Å²) < 4.78 is 55.4. The highest BCUT2D eigenvalue weighted by Crippen LogP contribution is 2.12. The van der Waals surface area contributed by atoms with Crippen molar-refractivity contribution < 1.29 is 36.3 Å². The molecule has 0 aliphatic heterocycles.